The zero-order valence-electron chi connectivity index (χ0n) is 9.00. The largest absolute Gasteiger partial charge is 0.295 e. The fourth-order valence-electron chi connectivity index (χ4n) is 1.42. The number of benzene rings is 1. The second-order valence-electron chi connectivity index (χ2n) is 3.53. The van der Waals surface area contributed by atoms with Gasteiger partial charge in [0.25, 0.3) is 0 Å². The van der Waals surface area contributed by atoms with E-state index >= 15 is 0 Å². The Labute approximate surface area is 95.9 Å². The van der Waals surface area contributed by atoms with Gasteiger partial charge >= 0.3 is 0 Å². The third kappa shape index (κ3) is 3.54. The Morgan fingerprint density at radius 2 is 2.27 bits per heavy atom. The van der Waals surface area contributed by atoms with Crippen molar-refractivity contribution in [3.8, 4) is 6.07 Å². The van der Waals surface area contributed by atoms with Crippen LogP contribution < -0.4 is 5.32 Å². The summed E-state index contributed by atoms with van der Waals surface area (Å²) in [7, 11) is 0. The molecule has 0 amide bonds. The van der Waals surface area contributed by atoms with Gasteiger partial charge in [0, 0.05) is 11.1 Å². The molecule has 0 aliphatic carbocycles. The second kappa shape index (κ2) is 5.75. The third-order valence-corrected chi connectivity index (χ3v) is 2.60. The highest BCUT2D eigenvalue weighted by atomic mass is 35.5. The first-order valence-electron chi connectivity index (χ1n) is 5.08. The van der Waals surface area contributed by atoms with Gasteiger partial charge in [-0.2, -0.15) is 5.26 Å². The predicted octanol–water partition coefficient (Wildman–Crippen LogP) is 3.29. The van der Waals surface area contributed by atoms with Gasteiger partial charge < -0.3 is 0 Å². The van der Waals surface area contributed by atoms with Crippen LogP contribution in [0.1, 0.15) is 31.9 Å². The second-order valence-corrected chi connectivity index (χ2v) is 3.97. The fourth-order valence-corrected chi connectivity index (χ4v) is 1.62. The summed E-state index contributed by atoms with van der Waals surface area (Å²) in [6, 6.07) is 9.97. The van der Waals surface area contributed by atoms with Crippen LogP contribution in [0.2, 0.25) is 5.02 Å². The van der Waals surface area contributed by atoms with E-state index in [9.17, 15) is 0 Å². The minimum absolute atomic E-state index is 0.0982. The summed E-state index contributed by atoms with van der Waals surface area (Å²) in [6.45, 7) is 4.03. The van der Waals surface area contributed by atoms with E-state index in [2.05, 4.69) is 11.4 Å². The molecule has 0 saturated carbocycles. The van der Waals surface area contributed by atoms with Crippen LogP contribution in [0.25, 0.3) is 0 Å². The van der Waals surface area contributed by atoms with Crippen LogP contribution in [-0.2, 0) is 0 Å². The third-order valence-electron chi connectivity index (χ3n) is 2.36. The topological polar surface area (TPSA) is 35.8 Å². The molecule has 1 N–H and O–H groups in total. The Kier molecular flexibility index (Phi) is 4.61. The van der Waals surface area contributed by atoms with Gasteiger partial charge in [-0.25, -0.2) is 0 Å². The van der Waals surface area contributed by atoms with Crippen LogP contribution >= 0.6 is 11.6 Å². The van der Waals surface area contributed by atoms with Crippen molar-refractivity contribution in [3.63, 3.8) is 0 Å². The fraction of sp³-hybridized carbons (Fsp3) is 0.417. The molecule has 2 unspecified atom stereocenters. The van der Waals surface area contributed by atoms with Gasteiger partial charge in [-0.1, -0.05) is 30.7 Å². The summed E-state index contributed by atoms with van der Waals surface area (Å²) in [4.78, 5) is 0. The molecule has 3 heteroatoms. The first-order valence-corrected chi connectivity index (χ1v) is 5.46. The van der Waals surface area contributed by atoms with Crippen molar-refractivity contribution in [3.05, 3.63) is 34.9 Å². The van der Waals surface area contributed by atoms with E-state index in [1.54, 1.807) is 0 Å². The van der Waals surface area contributed by atoms with E-state index in [4.69, 9.17) is 16.9 Å². The maximum atomic E-state index is 8.84. The lowest BCUT2D eigenvalue weighted by Crippen LogP contribution is -2.29. The zero-order chi connectivity index (χ0) is 11.3. The van der Waals surface area contributed by atoms with Crippen LogP contribution in [0.15, 0.2) is 24.3 Å². The van der Waals surface area contributed by atoms with Crippen molar-refractivity contribution in [1.82, 2.24) is 5.32 Å². The van der Waals surface area contributed by atoms with Gasteiger partial charge in [0.05, 0.1) is 12.1 Å². The molecule has 0 spiro atoms. The highest BCUT2D eigenvalue weighted by molar-refractivity contribution is 6.30. The molecule has 80 valence electrons. The van der Waals surface area contributed by atoms with Gasteiger partial charge in [-0.15, -0.1) is 0 Å². The number of halogens is 1. The van der Waals surface area contributed by atoms with Crippen LogP contribution in [-0.4, -0.2) is 6.04 Å². The molecule has 0 radical (unpaired) electrons. The Balaban J connectivity index is 2.69. The average Bonchev–Trinajstić information content (AvgIpc) is 2.25. The Bertz CT molecular complexity index is 357. The minimum Gasteiger partial charge on any atom is -0.295 e. The number of nitriles is 1. The average molecular weight is 223 g/mol. The molecule has 0 saturated heterocycles. The van der Waals surface area contributed by atoms with E-state index in [1.807, 2.05) is 38.1 Å². The highest BCUT2D eigenvalue weighted by Gasteiger charge is 2.10. The molecule has 2 atom stereocenters. The molecule has 0 aromatic heterocycles. The summed E-state index contributed by atoms with van der Waals surface area (Å²) in [6.07, 6.45) is 0.807. The zero-order valence-corrected chi connectivity index (χ0v) is 9.75. The first kappa shape index (κ1) is 12.0. The molecule has 0 heterocycles. The van der Waals surface area contributed by atoms with Crippen LogP contribution in [0.3, 0.4) is 0 Å². The number of nitrogens with one attached hydrogen (secondary N) is 1. The Morgan fingerprint density at radius 1 is 1.53 bits per heavy atom. The maximum Gasteiger partial charge on any atom is 0.0954 e. The lowest BCUT2D eigenvalue weighted by molar-refractivity contribution is 0.508. The van der Waals surface area contributed by atoms with Crippen molar-refractivity contribution < 1.29 is 0 Å². The molecule has 2 nitrogen and oxygen atoms in total. The van der Waals surface area contributed by atoms with E-state index in [-0.39, 0.29) is 12.1 Å². The van der Waals surface area contributed by atoms with Crippen LogP contribution in [0.4, 0.5) is 0 Å². The van der Waals surface area contributed by atoms with Crippen LogP contribution in [0, 0.1) is 11.3 Å². The van der Waals surface area contributed by atoms with Crippen molar-refractivity contribution in [2.45, 2.75) is 32.4 Å². The molecule has 0 aliphatic rings. The first-order chi connectivity index (χ1) is 7.17. The molecule has 1 aromatic carbocycles. The van der Waals surface area contributed by atoms with Gasteiger partial charge in [0.1, 0.15) is 0 Å². The highest BCUT2D eigenvalue weighted by Crippen LogP contribution is 2.17. The Morgan fingerprint density at radius 3 is 2.80 bits per heavy atom. The van der Waals surface area contributed by atoms with E-state index < -0.39 is 0 Å². The minimum atomic E-state index is -0.0982. The van der Waals surface area contributed by atoms with Gasteiger partial charge in [-0.05, 0) is 31.0 Å². The van der Waals surface area contributed by atoms with Crippen molar-refractivity contribution >= 4 is 11.6 Å². The van der Waals surface area contributed by atoms with E-state index in [0.717, 1.165) is 17.0 Å². The normalized spacial score (nSPS) is 14.3. The summed E-state index contributed by atoms with van der Waals surface area (Å²) in [5.74, 6) is 0. The number of nitrogens with zero attached hydrogens (tertiary/aromatic N) is 1. The smallest absolute Gasteiger partial charge is 0.0954 e. The Hall–Kier alpha value is -1.04. The SMILES string of the molecule is CCC(C#N)NC(C)c1cccc(Cl)c1. The monoisotopic (exact) mass is 222 g/mol. The van der Waals surface area contributed by atoms with Crippen molar-refractivity contribution in [2.24, 2.45) is 0 Å². The summed E-state index contributed by atoms with van der Waals surface area (Å²) in [5, 5.41) is 12.8. The predicted molar refractivity (Wildman–Crippen MR) is 62.7 cm³/mol. The van der Waals surface area contributed by atoms with Gasteiger partial charge in [-0.3, -0.25) is 5.32 Å². The van der Waals surface area contributed by atoms with E-state index in [1.165, 1.54) is 0 Å². The van der Waals surface area contributed by atoms with Gasteiger partial charge in [0.15, 0.2) is 0 Å². The molecule has 0 bridgehead atoms. The molecular formula is C12H15ClN2. The summed E-state index contributed by atoms with van der Waals surface area (Å²) >= 11 is 5.90. The number of hydrogen-bond donors (Lipinski definition) is 1. The van der Waals surface area contributed by atoms with Crippen LogP contribution in [0.5, 0.6) is 0 Å². The number of rotatable bonds is 4. The molecule has 15 heavy (non-hydrogen) atoms. The van der Waals surface area contributed by atoms with Crippen molar-refractivity contribution in [2.75, 3.05) is 0 Å². The lowest BCUT2D eigenvalue weighted by Gasteiger charge is -2.17. The molecule has 0 fully saturated rings. The molecule has 1 aromatic rings. The quantitative estimate of drug-likeness (QED) is 0.849. The molecule has 0 aliphatic heterocycles. The standard InChI is InChI=1S/C12H15ClN2/c1-3-12(8-14)15-9(2)10-5-4-6-11(13)7-10/h4-7,9,12,15H,3H2,1-2H3. The van der Waals surface area contributed by atoms with Gasteiger partial charge in [0.2, 0.25) is 0 Å². The summed E-state index contributed by atoms with van der Waals surface area (Å²) < 4.78 is 0. The number of hydrogen-bond acceptors (Lipinski definition) is 2. The molecular weight excluding hydrogens is 208 g/mol. The lowest BCUT2D eigenvalue weighted by atomic mass is 10.1. The van der Waals surface area contributed by atoms with Crippen molar-refractivity contribution in [1.29, 1.82) is 5.26 Å². The molecule has 1 rings (SSSR count). The maximum absolute atomic E-state index is 8.84. The summed E-state index contributed by atoms with van der Waals surface area (Å²) in [5.41, 5.74) is 1.11. The van der Waals surface area contributed by atoms with E-state index in [0.29, 0.717) is 0 Å².